The van der Waals surface area contributed by atoms with Crippen LogP contribution in [-0.4, -0.2) is 6.04 Å². The van der Waals surface area contributed by atoms with Crippen molar-refractivity contribution in [3.8, 4) is 0 Å². The molecule has 0 spiro atoms. The molecular weight excluding hydrogens is 110 g/mol. The molecule has 1 saturated heterocycles. The van der Waals surface area contributed by atoms with Crippen molar-refractivity contribution in [2.24, 2.45) is 11.8 Å². The minimum atomic E-state index is 0.807. The lowest BCUT2D eigenvalue weighted by Crippen LogP contribution is -2.25. The van der Waals surface area contributed by atoms with E-state index in [0.29, 0.717) is 0 Å². The molecular formula is C8H13N. The van der Waals surface area contributed by atoms with Gasteiger partial charge in [-0.05, 0) is 24.7 Å². The Labute approximate surface area is 56.1 Å². The Morgan fingerprint density at radius 1 is 1.67 bits per heavy atom. The fraction of sp³-hybridized carbons (Fsp3) is 0.750. The normalized spacial score (nSPS) is 47.7. The Hall–Kier alpha value is -0.460. The zero-order chi connectivity index (χ0) is 6.43. The molecule has 9 heavy (non-hydrogen) atoms. The fourth-order valence-corrected chi connectivity index (χ4v) is 1.87. The zero-order valence-corrected chi connectivity index (χ0v) is 5.85. The Balaban J connectivity index is 2.07. The predicted octanol–water partition coefficient (Wildman–Crippen LogP) is 1.52. The first-order chi connectivity index (χ1) is 4.27. The minimum absolute atomic E-state index is 0.807. The van der Waals surface area contributed by atoms with Crippen molar-refractivity contribution >= 4 is 0 Å². The maximum absolute atomic E-state index is 3.93. The van der Waals surface area contributed by atoms with Gasteiger partial charge in [0.15, 0.2) is 0 Å². The molecule has 2 rings (SSSR count). The SMILES string of the molecule is C=C1C[C@H](C)[C@H]2C[C@H]2N1. The minimum Gasteiger partial charge on any atom is -0.386 e. The summed E-state index contributed by atoms with van der Waals surface area (Å²) in [5.74, 6) is 1.87. The summed E-state index contributed by atoms with van der Waals surface area (Å²) in [7, 11) is 0. The van der Waals surface area contributed by atoms with Crippen LogP contribution in [0.15, 0.2) is 12.3 Å². The van der Waals surface area contributed by atoms with Gasteiger partial charge in [0.1, 0.15) is 0 Å². The lowest BCUT2D eigenvalue weighted by Gasteiger charge is -2.20. The smallest absolute Gasteiger partial charge is 0.0293 e. The largest absolute Gasteiger partial charge is 0.386 e. The van der Waals surface area contributed by atoms with Crippen LogP contribution in [0.1, 0.15) is 19.8 Å². The van der Waals surface area contributed by atoms with Crippen molar-refractivity contribution < 1.29 is 0 Å². The third-order valence-electron chi connectivity index (χ3n) is 2.53. The van der Waals surface area contributed by atoms with E-state index in [-0.39, 0.29) is 0 Å². The van der Waals surface area contributed by atoms with E-state index >= 15 is 0 Å². The maximum Gasteiger partial charge on any atom is 0.0293 e. The molecule has 2 aliphatic rings. The summed E-state index contributed by atoms with van der Waals surface area (Å²) in [6.45, 7) is 6.26. The van der Waals surface area contributed by atoms with Crippen molar-refractivity contribution in [1.29, 1.82) is 0 Å². The van der Waals surface area contributed by atoms with Crippen molar-refractivity contribution in [1.82, 2.24) is 5.32 Å². The van der Waals surface area contributed by atoms with E-state index in [1.807, 2.05) is 0 Å². The molecule has 0 bridgehead atoms. The fourth-order valence-electron chi connectivity index (χ4n) is 1.87. The Morgan fingerprint density at radius 2 is 2.44 bits per heavy atom. The highest BCUT2D eigenvalue weighted by Gasteiger charge is 2.44. The van der Waals surface area contributed by atoms with Gasteiger partial charge in [-0.25, -0.2) is 0 Å². The number of hydrogen-bond donors (Lipinski definition) is 1. The number of piperidine rings is 1. The third-order valence-corrected chi connectivity index (χ3v) is 2.53. The van der Waals surface area contributed by atoms with Crippen molar-refractivity contribution in [3.05, 3.63) is 12.3 Å². The van der Waals surface area contributed by atoms with Gasteiger partial charge in [-0.15, -0.1) is 0 Å². The molecule has 1 aliphatic heterocycles. The van der Waals surface area contributed by atoms with Crippen LogP contribution in [0.5, 0.6) is 0 Å². The van der Waals surface area contributed by atoms with Crippen LogP contribution in [0.2, 0.25) is 0 Å². The molecule has 1 heterocycles. The molecule has 0 unspecified atom stereocenters. The number of rotatable bonds is 0. The molecule has 0 amide bonds. The molecule has 3 atom stereocenters. The third kappa shape index (κ3) is 0.752. The van der Waals surface area contributed by atoms with Crippen LogP contribution in [0, 0.1) is 11.8 Å². The molecule has 0 aromatic rings. The van der Waals surface area contributed by atoms with E-state index in [9.17, 15) is 0 Å². The Morgan fingerprint density at radius 3 is 3.11 bits per heavy atom. The number of nitrogens with one attached hydrogen (secondary N) is 1. The molecule has 1 N–H and O–H groups in total. The van der Waals surface area contributed by atoms with Gasteiger partial charge in [-0.3, -0.25) is 0 Å². The van der Waals surface area contributed by atoms with Crippen LogP contribution in [-0.2, 0) is 0 Å². The molecule has 0 radical (unpaired) electrons. The van der Waals surface area contributed by atoms with Gasteiger partial charge in [0.25, 0.3) is 0 Å². The standard InChI is InChI=1S/C8H13N/c1-5-3-6(2)9-8-4-7(5)8/h5,7-9H,2-4H2,1H3/t5-,7+,8+/m0/s1. The van der Waals surface area contributed by atoms with Crippen LogP contribution in [0.4, 0.5) is 0 Å². The van der Waals surface area contributed by atoms with E-state index in [1.54, 1.807) is 0 Å². The molecule has 1 saturated carbocycles. The first kappa shape index (κ1) is 5.33. The Bertz CT molecular complexity index is 151. The number of allylic oxidation sites excluding steroid dienone is 1. The maximum atomic E-state index is 3.93. The Kier molecular flexibility index (Phi) is 0.904. The summed E-state index contributed by atoms with van der Waals surface area (Å²) in [5, 5.41) is 3.39. The van der Waals surface area contributed by atoms with Crippen LogP contribution >= 0.6 is 0 Å². The summed E-state index contributed by atoms with van der Waals surface area (Å²) < 4.78 is 0. The van der Waals surface area contributed by atoms with Gasteiger partial charge in [0.2, 0.25) is 0 Å². The van der Waals surface area contributed by atoms with E-state index in [4.69, 9.17) is 0 Å². The topological polar surface area (TPSA) is 12.0 Å². The first-order valence-electron chi connectivity index (χ1n) is 3.71. The molecule has 0 aromatic heterocycles. The summed E-state index contributed by atoms with van der Waals surface area (Å²) in [6.07, 6.45) is 2.58. The van der Waals surface area contributed by atoms with Gasteiger partial charge in [0, 0.05) is 11.7 Å². The monoisotopic (exact) mass is 123 g/mol. The van der Waals surface area contributed by atoms with Gasteiger partial charge >= 0.3 is 0 Å². The van der Waals surface area contributed by atoms with Crippen LogP contribution in [0.25, 0.3) is 0 Å². The second kappa shape index (κ2) is 1.53. The second-order valence-corrected chi connectivity index (χ2v) is 3.44. The number of fused-ring (bicyclic) bond motifs is 1. The highest BCUT2D eigenvalue weighted by Crippen LogP contribution is 2.43. The van der Waals surface area contributed by atoms with Crippen molar-refractivity contribution in [2.75, 3.05) is 0 Å². The van der Waals surface area contributed by atoms with Crippen molar-refractivity contribution in [2.45, 2.75) is 25.8 Å². The lowest BCUT2D eigenvalue weighted by atomic mass is 9.97. The molecule has 1 nitrogen and oxygen atoms in total. The first-order valence-corrected chi connectivity index (χ1v) is 3.71. The van der Waals surface area contributed by atoms with Gasteiger partial charge < -0.3 is 5.32 Å². The van der Waals surface area contributed by atoms with E-state index in [0.717, 1.165) is 17.9 Å². The van der Waals surface area contributed by atoms with Crippen LogP contribution in [0.3, 0.4) is 0 Å². The number of hydrogen-bond acceptors (Lipinski definition) is 1. The average molecular weight is 123 g/mol. The highest BCUT2D eigenvalue weighted by molar-refractivity contribution is 5.11. The van der Waals surface area contributed by atoms with Gasteiger partial charge in [-0.1, -0.05) is 13.5 Å². The predicted molar refractivity (Wildman–Crippen MR) is 38.0 cm³/mol. The van der Waals surface area contributed by atoms with Gasteiger partial charge in [0.05, 0.1) is 0 Å². The highest BCUT2D eigenvalue weighted by atomic mass is 15.0. The van der Waals surface area contributed by atoms with E-state index in [1.165, 1.54) is 18.5 Å². The molecule has 2 fully saturated rings. The summed E-state index contributed by atoms with van der Waals surface area (Å²) in [6, 6.07) is 0.807. The van der Waals surface area contributed by atoms with Crippen LogP contribution < -0.4 is 5.32 Å². The summed E-state index contributed by atoms with van der Waals surface area (Å²) in [4.78, 5) is 0. The van der Waals surface area contributed by atoms with E-state index in [2.05, 4.69) is 18.8 Å². The zero-order valence-electron chi connectivity index (χ0n) is 5.85. The quantitative estimate of drug-likeness (QED) is 0.515. The molecule has 50 valence electrons. The molecule has 1 aliphatic carbocycles. The van der Waals surface area contributed by atoms with Gasteiger partial charge in [-0.2, -0.15) is 0 Å². The van der Waals surface area contributed by atoms with E-state index < -0.39 is 0 Å². The molecule has 1 heteroatoms. The second-order valence-electron chi connectivity index (χ2n) is 3.44. The average Bonchev–Trinajstić information content (AvgIpc) is 2.43. The summed E-state index contributed by atoms with van der Waals surface area (Å²) >= 11 is 0. The lowest BCUT2D eigenvalue weighted by molar-refractivity contribution is 0.427. The molecule has 0 aromatic carbocycles. The van der Waals surface area contributed by atoms with Crippen molar-refractivity contribution in [3.63, 3.8) is 0 Å². The summed E-state index contributed by atoms with van der Waals surface area (Å²) in [5.41, 5.74) is 1.25.